The summed E-state index contributed by atoms with van der Waals surface area (Å²) >= 11 is 0. The summed E-state index contributed by atoms with van der Waals surface area (Å²) in [6, 6.07) is 2.54. The third kappa shape index (κ3) is 4.56. The van der Waals surface area contributed by atoms with Gasteiger partial charge in [0.1, 0.15) is 11.9 Å². The molecule has 0 saturated carbocycles. The molecule has 0 radical (unpaired) electrons. The molecule has 10 heteroatoms. The molecule has 0 fully saturated rings. The van der Waals surface area contributed by atoms with E-state index in [0.29, 0.717) is 5.82 Å². The van der Waals surface area contributed by atoms with Crippen LogP contribution in [-0.2, 0) is 10.0 Å². The predicted octanol–water partition coefficient (Wildman–Crippen LogP) is 2.67. The molecule has 1 atom stereocenters. The van der Waals surface area contributed by atoms with Gasteiger partial charge in [-0.1, -0.05) is 32.9 Å². The SMILES string of the molecule is CCN(CC)S(=O)(=O)c1ccc(F)c(C(=O)NC(c2nc(C)no2)C(C)C)c1. The zero-order valence-corrected chi connectivity index (χ0v) is 17.4. The molecule has 2 rings (SSSR count). The number of hydrogen-bond donors (Lipinski definition) is 1. The van der Waals surface area contributed by atoms with E-state index in [2.05, 4.69) is 15.5 Å². The van der Waals surface area contributed by atoms with Crippen LogP contribution in [0, 0.1) is 18.7 Å². The van der Waals surface area contributed by atoms with E-state index in [1.54, 1.807) is 20.8 Å². The van der Waals surface area contributed by atoms with Crippen LogP contribution in [0.1, 0.15) is 55.8 Å². The minimum absolute atomic E-state index is 0.116. The van der Waals surface area contributed by atoms with Gasteiger partial charge in [-0.2, -0.15) is 9.29 Å². The molecule has 0 aliphatic heterocycles. The lowest BCUT2D eigenvalue weighted by Gasteiger charge is -2.20. The highest BCUT2D eigenvalue weighted by Gasteiger charge is 2.28. The fourth-order valence-electron chi connectivity index (χ4n) is 2.72. The minimum atomic E-state index is -3.82. The van der Waals surface area contributed by atoms with E-state index >= 15 is 0 Å². The molecule has 1 aromatic heterocycles. The van der Waals surface area contributed by atoms with Crippen LogP contribution in [0.25, 0.3) is 0 Å². The lowest BCUT2D eigenvalue weighted by Crippen LogP contribution is -2.33. The summed E-state index contributed by atoms with van der Waals surface area (Å²) in [6.45, 7) is 9.26. The molecular formula is C18H25FN4O4S. The van der Waals surface area contributed by atoms with Gasteiger partial charge < -0.3 is 9.84 Å². The second kappa shape index (κ2) is 8.78. The number of carbonyl (C=O) groups is 1. The number of hydrogen-bond acceptors (Lipinski definition) is 6. The molecule has 1 heterocycles. The van der Waals surface area contributed by atoms with E-state index in [9.17, 15) is 17.6 Å². The number of carbonyl (C=O) groups excluding carboxylic acids is 1. The van der Waals surface area contributed by atoms with Crippen molar-refractivity contribution in [3.05, 3.63) is 41.3 Å². The number of aromatic nitrogens is 2. The van der Waals surface area contributed by atoms with Crippen LogP contribution in [-0.4, -0.2) is 41.9 Å². The zero-order chi connectivity index (χ0) is 21.1. The summed E-state index contributed by atoms with van der Waals surface area (Å²) in [7, 11) is -3.82. The molecular weight excluding hydrogens is 387 g/mol. The Hall–Kier alpha value is -2.33. The second-order valence-electron chi connectivity index (χ2n) is 6.61. The first-order valence-electron chi connectivity index (χ1n) is 9.02. The fourth-order valence-corrected chi connectivity index (χ4v) is 4.21. The van der Waals surface area contributed by atoms with Crippen molar-refractivity contribution in [2.24, 2.45) is 5.92 Å². The van der Waals surface area contributed by atoms with Crippen molar-refractivity contribution in [3.8, 4) is 0 Å². The Kier molecular flexibility index (Phi) is 6.89. The molecule has 0 aliphatic carbocycles. The van der Waals surface area contributed by atoms with Gasteiger partial charge in [-0.25, -0.2) is 12.8 Å². The van der Waals surface area contributed by atoms with Crippen LogP contribution in [0.2, 0.25) is 0 Å². The predicted molar refractivity (Wildman–Crippen MR) is 101 cm³/mol. The van der Waals surface area contributed by atoms with Crippen LogP contribution in [0.5, 0.6) is 0 Å². The molecule has 28 heavy (non-hydrogen) atoms. The van der Waals surface area contributed by atoms with Gasteiger partial charge in [-0.3, -0.25) is 4.79 Å². The van der Waals surface area contributed by atoms with Gasteiger partial charge in [-0.15, -0.1) is 0 Å². The highest BCUT2D eigenvalue weighted by Crippen LogP contribution is 2.23. The molecule has 0 saturated heterocycles. The maximum absolute atomic E-state index is 14.3. The molecule has 154 valence electrons. The molecule has 1 unspecified atom stereocenters. The number of sulfonamides is 1. The van der Waals surface area contributed by atoms with Crippen LogP contribution in [0.15, 0.2) is 27.6 Å². The average Bonchev–Trinajstić information content (AvgIpc) is 3.06. The van der Waals surface area contributed by atoms with Crippen LogP contribution in [0.3, 0.4) is 0 Å². The highest BCUT2D eigenvalue weighted by atomic mass is 32.2. The molecule has 8 nitrogen and oxygen atoms in total. The Labute approximate surface area is 164 Å². The van der Waals surface area contributed by atoms with Crippen molar-refractivity contribution < 1.29 is 22.1 Å². The smallest absolute Gasteiger partial charge is 0.254 e. The third-order valence-corrected chi connectivity index (χ3v) is 6.33. The maximum Gasteiger partial charge on any atom is 0.254 e. The molecule has 0 spiro atoms. The monoisotopic (exact) mass is 412 g/mol. The Morgan fingerprint density at radius 2 is 1.93 bits per heavy atom. The summed E-state index contributed by atoms with van der Waals surface area (Å²) < 4.78 is 46.0. The number of rotatable bonds is 8. The Bertz CT molecular complexity index is 939. The molecule has 2 aromatic rings. The summed E-state index contributed by atoms with van der Waals surface area (Å²) in [5.74, 6) is -1.08. The van der Waals surface area contributed by atoms with Gasteiger partial charge in [0.05, 0.1) is 10.5 Å². The molecule has 0 bridgehead atoms. The standard InChI is InChI=1S/C18H25FN4O4S/c1-6-23(7-2)28(25,26)13-8-9-15(19)14(10-13)17(24)21-16(11(3)4)18-20-12(5)22-27-18/h8-11,16H,6-7H2,1-5H3,(H,21,24). The lowest BCUT2D eigenvalue weighted by molar-refractivity contribution is 0.0909. The van der Waals surface area contributed by atoms with Gasteiger partial charge in [0.2, 0.25) is 15.9 Å². The molecule has 1 aromatic carbocycles. The number of halogens is 1. The third-order valence-electron chi connectivity index (χ3n) is 4.29. The van der Waals surface area contributed by atoms with Crippen molar-refractivity contribution in [3.63, 3.8) is 0 Å². The van der Waals surface area contributed by atoms with E-state index in [1.165, 1.54) is 4.31 Å². The van der Waals surface area contributed by atoms with Crippen molar-refractivity contribution >= 4 is 15.9 Å². The van der Waals surface area contributed by atoms with Crippen LogP contribution in [0.4, 0.5) is 4.39 Å². The quantitative estimate of drug-likeness (QED) is 0.715. The van der Waals surface area contributed by atoms with Gasteiger partial charge in [0, 0.05) is 13.1 Å². The number of nitrogens with one attached hydrogen (secondary N) is 1. The first kappa shape index (κ1) is 22.0. The Morgan fingerprint density at radius 3 is 2.43 bits per heavy atom. The summed E-state index contributed by atoms with van der Waals surface area (Å²) in [6.07, 6.45) is 0. The summed E-state index contributed by atoms with van der Waals surface area (Å²) in [4.78, 5) is 16.7. The van der Waals surface area contributed by atoms with E-state index in [-0.39, 0.29) is 35.4 Å². The van der Waals surface area contributed by atoms with E-state index in [1.807, 2.05) is 13.8 Å². The van der Waals surface area contributed by atoms with E-state index in [4.69, 9.17) is 4.52 Å². The van der Waals surface area contributed by atoms with Crippen LogP contribution < -0.4 is 5.32 Å². The Morgan fingerprint density at radius 1 is 1.29 bits per heavy atom. The lowest BCUT2D eigenvalue weighted by atomic mass is 10.0. The Balaban J connectivity index is 2.37. The van der Waals surface area contributed by atoms with Crippen LogP contribution >= 0.6 is 0 Å². The highest BCUT2D eigenvalue weighted by molar-refractivity contribution is 7.89. The number of amides is 1. The van der Waals surface area contributed by atoms with Crippen molar-refractivity contribution in [1.82, 2.24) is 19.8 Å². The topological polar surface area (TPSA) is 105 Å². The van der Waals surface area contributed by atoms with Crippen molar-refractivity contribution in [1.29, 1.82) is 0 Å². The number of aryl methyl sites for hydroxylation is 1. The fraction of sp³-hybridized carbons (Fsp3) is 0.500. The summed E-state index contributed by atoms with van der Waals surface area (Å²) in [5, 5.41) is 6.36. The molecule has 1 amide bonds. The normalized spacial score (nSPS) is 13.1. The van der Waals surface area contributed by atoms with Crippen molar-refractivity contribution in [2.45, 2.75) is 45.6 Å². The zero-order valence-electron chi connectivity index (χ0n) is 16.6. The minimum Gasteiger partial charge on any atom is -0.340 e. The first-order chi connectivity index (χ1) is 13.1. The first-order valence-corrected chi connectivity index (χ1v) is 10.5. The van der Waals surface area contributed by atoms with Gasteiger partial charge in [-0.05, 0) is 31.0 Å². The molecule has 0 aliphatic rings. The largest absolute Gasteiger partial charge is 0.340 e. The number of nitrogens with zero attached hydrogens (tertiary/aromatic N) is 3. The van der Waals surface area contributed by atoms with Gasteiger partial charge in [0.25, 0.3) is 5.91 Å². The van der Waals surface area contributed by atoms with E-state index in [0.717, 1.165) is 18.2 Å². The van der Waals surface area contributed by atoms with Gasteiger partial charge >= 0.3 is 0 Å². The average molecular weight is 412 g/mol. The van der Waals surface area contributed by atoms with Gasteiger partial charge in [0.15, 0.2) is 5.82 Å². The van der Waals surface area contributed by atoms with Crippen molar-refractivity contribution in [2.75, 3.05) is 13.1 Å². The van der Waals surface area contributed by atoms with E-state index < -0.39 is 27.8 Å². The maximum atomic E-state index is 14.3. The summed E-state index contributed by atoms with van der Waals surface area (Å²) in [5.41, 5.74) is -0.366. The number of benzene rings is 1. The molecule has 1 N–H and O–H groups in total. The second-order valence-corrected chi connectivity index (χ2v) is 8.54.